The molecule has 4 saturated carbocycles. The molecule has 1 aromatic rings. The van der Waals surface area contributed by atoms with E-state index in [2.05, 4.69) is 38.3 Å². The van der Waals surface area contributed by atoms with Gasteiger partial charge in [-0.3, -0.25) is 9.59 Å². The fourth-order valence-corrected chi connectivity index (χ4v) is 7.07. The number of nitrogens with one attached hydrogen (secondary N) is 2. The maximum Gasteiger partial charge on any atom is 0.251 e. The van der Waals surface area contributed by atoms with Gasteiger partial charge in [-0.25, -0.2) is 0 Å². The lowest BCUT2D eigenvalue weighted by atomic mass is 9.43. The van der Waals surface area contributed by atoms with Crippen LogP contribution < -0.4 is 10.6 Å². The molecule has 4 bridgehead atoms. The number of amides is 2. The number of carbonyl (C=O) groups excluding carboxylic acids is 2. The second-order valence-corrected chi connectivity index (χ2v) is 11.0. The lowest BCUT2D eigenvalue weighted by Gasteiger charge is -2.65. The second kappa shape index (κ2) is 6.60. The summed E-state index contributed by atoms with van der Waals surface area (Å²) in [5.41, 5.74) is 1.95. The number of benzene rings is 1. The predicted molar refractivity (Wildman–Crippen MR) is 111 cm³/mol. The summed E-state index contributed by atoms with van der Waals surface area (Å²) in [5.74, 6) is 1.09. The molecule has 152 valence electrons. The molecule has 0 saturated heterocycles. The van der Waals surface area contributed by atoms with Crippen molar-refractivity contribution in [3.8, 4) is 0 Å². The first-order valence-corrected chi connectivity index (χ1v) is 10.8. The standard InChI is InChI=1S/C24H34N2O2/c1-16(2)12-25-20(27)18-5-7-19(8-6-18)21(28)26-24-11-17-9-22(3,14-24)13-23(4,10-17)15-24/h5-8,16-17H,9-15H2,1-4H3,(H,25,27)(H,26,28). The van der Waals surface area contributed by atoms with Crippen LogP contribution in [-0.4, -0.2) is 23.9 Å². The van der Waals surface area contributed by atoms with Gasteiger partial charge in [-0.2, -0.15) is 0 Å². The molecular formula is C24H34N2O2. The maximum atomic E-state index is 13.0. The van der Waals surface area contributed by atoms with E-state index in [0.717, 1.165) is 25.2 Å². The molecule has 28 heavy (non-hydrogen) atoms. The molecular weight excluding hydrogens is 348 g/mol. The Morgan fingerprint density at radius 1 is 0.929 bits per heavy atom. The van der Waals surface area contributed by atoms with E-state index in [-0.39, 0.29) is 17.4 Å². The third kappa shape index (κ3) is 3.70. The van der Waals surface area contributed by atoms with Crippen LogP contribution in [0.2, 0.25) is 0 Å². The van der Waals surface area contributed by atoms with E-state index in [1.807, 2.05) is 0 Å². The molecule has 4 fully saturated rings. The molecule has 2 atom stereocenters. The van der Waals surface area contributed by atoms with Gasteiger partial charge < -0.3 is 10.6 Å². The number of rotatable bonds is 5. The van der Waals surface area contributed by atoms with Gasteiger partial charge in [0, 0.05) is 23.2 Å². The van der Waals surface area contributed by atoms with Gasteiger partial charge in [0.1, 0.15) is 0 Å². The molecule has 0 heterocycles. The SMILES string of the molecule is CC(C)CNC(=O)c1ccc(C(=O)NC23CC4CC(C)(CC(C)(C4)C2)C3)cc1. The molecule has 0 spiro atoms. The van der Waals surface area contributed by atoms with Gasteiger partial charge in [-0.1, -0.05) is 27.7 Å². The Kier molecular flexibility index (Phi) is 4.59. The van der Waals surface area contributed by atoms with Gasteiger partial charge in [0.2, 0.25) is 0 Å². The second-order valence-electron chi connectivity index (χ2n) is 11.0. The summed E-state index contributed by atoms with van der Waals surface area (Å²) in [5, 5.41) is 6.36. The van der Waals surface area contributed by atoms with E-state index in [0.29, 0.717) is 34.4 Å². The van der Waals surface area contributed by atoms with Crippen LogP contribution in [0, 0.1) is 22.7 Å². The smallest absolute Gasteiger partial charge is 0.251 e. The van der Waals surface area contributed by atoms with Crippen molar-refractivity contribution >= 4 is 11.8 Å². The molecule has 2 amide bonds. The molecule has 0 aromatic heterocycles. The first kappa shape index (κ1) is 19.5. The molecule has 4 heteroatoms. The van der Waals surface area contributed by atoms with Crippen LogP contribution in [-0.2, 0) is 0 Å². The Morgan fingerprint density at radius 3 is 1.96 bits per heavy atom. The van der Waals surface area contributed by atoms with Crippen LogP contribution in [0.15, 0.2) is 24.3 Å². The normalized spacial score (nSPS) is 35.8. The molecule has 1 aromatic carbocycles. The zero-order valence-electron chi connectivity index (χ0n) is 17.7. The van der Waals surface area contributed by atoms with Crippen molar-refractivity contribution in [2.75, 3.05) is 6.54 Å². The van der Waals surface area contributed by atoms with Crippen molar-refractivity contribution in [2.24, 2.45) is 22.7 Å². The van der Waals surface area contributed by atoms with Crippen molar-refractivity contribution < 1.29 is 9.59 Å². The molecule has 2 N–H and O–H groups in total. The van der Waals surface area contributed by atoms with E-state index < -0.39 is 0 Å². The van der Waals surface area contributed by atoms with Crippen molar-refractivity contribution in [1.82, 2.24) is 10.6 Å². The third-order valence-corrected chi connectivity index (χ3v) is 7.09. The highest BCUT2D eigenvalue weighted by Gasteiger charge is 2.60. The summed E-state index contributed by atoms with van der Waals surface area (Å²) in [7, 11) is 0. The topological polar surface area (TPSA) is 58.2 Å². The fraction of sp³-hybridized carbons (Fsp3) is 0.667. The number of hydrogen-bond donors (Lipinski definition) is 2. The summed E-state index contributed by atoms with van der Waals surface area (Å²) < 4.78 is 0. The van der Waals surface area contributed by atoms with Crippen molar-refractivity contribution in [3.05, 3.63) is 35.4 Å². The van der Waals surface area contributed by atoms with Gasteiger partial charge in [-0.15, -0.1) is 0 Å². The lowest BCUT2D eigenvalue weighted by molar-refractivity contribution is -0.114. The molecule has 4 nitrogen and oxygen atoms in total. The van der Waals surface area contributed by atoms with E-state index in [9.17, 15) is 9.59 Å². The van der Waals surface area contributed by atoms with Gasteiger partial charge in [0.25, 0.3) is 11.8 Å². The monoisotopic (exact) mass is 382 g/mol. The van der Waals surface area contributed by atoms with Crippen molar-refractivity contribution in [2.45, 2.75) is 71.8 Å². The average Bonchev–Trinajstić information content (AvgIpc) is 2.56. The van der Waals surface area contributed by atoms with Crippen molar-refractivity contribution in [3.63, 3.8) is 0 Å². The zero-order chi connectivity index (χ0) is 20.2. The van der Waals surface area contributed by atoms with E-state index in [1.54, 1.807) is 24.3 Å². The first-order valence-electron chi connectivity index (χ1n) is 10.8. The van der Waals surface area contributed by atoms with E-state index >= 15 is 0 Å². The van der Waals surface area contributed by atoms with Crippen LogP contribution in [0.5, 0.6) is 0 Å². The van der Waals surface area contributed by atoms with Gasteiger partial charge in [0.05, 0.1) is 0 Å². The Labute approximate surface area is 168 Å². The minimum absolute atomic E-state index is 0.00304. The van der Waals surface area contributed by atoms with Gasteiger partial charge >= 0.3 is 0 Å². The molecule has 0 radical (unpaired) electrons. The van der Waals surface area contributed by atoms with Gasteiger partial charge in [0.15, 0.2) is 0 Å². The highest BCUT2D eigenvalue weighted by molar-refractivity contribution is 5.98. The first-order chi connectivity index (χ1) is 13.1. The molecule has 0 aliphatic heterocycles. The number of carbonyl (C=O) groups is 2. The zero-order valence-corrected chi connectivity index (χ0v) is 17.7. The van der Waals surface area contributed by atoms with E-state index in [1.165, 1.54) is 19.3 Å². The van der Waals surface area contributed by atoms with Crippen LogP contribution >= 0.6 is 0 Å². The summed E-state index contributed by atoms with van der Waals surface area (Å²) in [6.45, 7) is 9.63. The molecule has 4 aliphatic carbocycles. The fourth-order valence-electron chi connectivity index (χ4n) is 7.07. The van der Waals surface area contributed by atoms with Gasteiger partial charge in [-0.05, 0) is 85.5 Å². The Balaban J connectivity index is 1.45. The summed E-state index contributed by atoms with van der Waals surface area (Å²) >= 11 is 0. The molecule has 5 rings (SSSR count). The minimum atomic E-state index is -0.0809. The van der Waals surface area contributed by atoms with Crippen molar-refractivity contribution in [1.29, 1.82) is 0 Å². The largest absolute Gasteiger partial charge is 0.352 e. The molecule has 4 aliphatic rings. The van der Waals surface area contributed by atoms with E-state index in [4.69, 9.17) is 0 Å². The highest BCUT2D eigenvalue weighted by atomic mass is 16.2. The summed E-state index contributed by atoms with van der Waals surface area (Å²) in [6, 6.07) is 7.08. The predicted octanol–water partition coefficient (Wildman–Crippen LogP) is 4.55. The maximum absolute atomic E-state index is 13.0. The van der Waals surface area contributed by atoms with Crippen LogP contribution in [0.4, 0.5) is 0 Å². The van der Waals surface area contributed by atoms with Crippen LogP contribution in [0.3, 0.4) is 0 Å². The van der Waals surface area contributed by atoms with Crippen LogP contribution in [0.1, 0.15) is 86.9 Å². The van der Waals surface area contributed by atoms with Crippen LogP contribution in [0.25, 0.3) is 0 Å². The Bertz CT molecular complexity index is 764. The number of hydrogen-bond acceptors (Lipinski definition) is 2. The summed E-state index contributed by atoms with van der Waals surface area (Å²) in [4.78, 5) is 25.2. The minimum Gasteiger partial charge on any atom is -0.352 e. The highest BCUT2D eigenvalue weighted by Crippen LogP contribution is 2.66. The molecule has 2 unspecified atom stereocenters. The third-order valence-electron chi connectivity index (χ3n) is 7.09. The summed E-state index contributed by atoms with van der Waals surface area (Å²) in [6.07, 6.45) is 7.27. The lowest BCUT2D eigenvalue weighted by Crippen LogP contribution is -2.65. The average molecular weight is 383 g/mol. The Hall–Kier alpha value is -1.84. The Morgan fingerprint density at radius 2 is 1.46 bits per heavy atom. The quantitative estimate of drug-likeness (QED) is 0.785.